The number of ether oxygens (including phenoxy) is 1. The van der Waals surface area contributed by atoms with Crippen molar-refractivity contribution in [1.29, 1.82) is 0 Å². The quantitative estimate of drug-likeness (QED) is 0.848. The molecule has 2 fully saturated rings. The lowest BCUT2D eigenvalue weighted by molar-refractivity contribution is -0.119. The first-order chi connectivity index (χ1) is 12.6. The molecule has 4 rings (SSSR count). The summed E-state index contributed by atoms with van der Waals surface area (Å²) in [7, 11) is 0. The summed E-state index contributed by atoms with van der Waals surface area (Å²) in [6.07, 6.45) is 5.81. The Kier molecular flexibility index (Phi) is 4.55. The summed E-state index contributed by atoms with van der Waals surface area (Å²) in [4.78, 5) is 26.3. The van der Waals surface area contributed by atoms with Gasteiger partial charge in [0.15, 0.2) is 0 Å². The van der Waals surface area contributed by atoms with Crippen LogP contribution in [0.3, 0.4) is 0 Å². The van der Waals surface area contributed by atoms with Crippen LogP contribution in [0.4, 0.5) is 0 Å². The lowest BCUT2D eigenvalue weighted by Crippen LogP contribution is -2.23. The van der Waals surface area contributed by atoms with Gasteiger partial charge in [0, 0.05) is 23.7 Å². The first-order valence-corrected chi connectivity index (χ1v) is 9.14. The van der Waals surface area contributed by atoms with Crippen LogP contribution in [0.5, 0.6) is 5.75 Å². The molecular weight excluding hydrogens is 352 g/mol. The van der Waals surface area contributed by atoms with Crippen LogP contribution in [-0.4, -0.2) is 23.0 Å². The third-order valence-corrected chi connectivity index (χ3v) is 4.84. The average molecular weight is 371 g/mol. The largest absolute Gasteiger partial charge is 0.490 e. The average Bonchev–Trinajstić information content (AvgIpc) is 3.35. The predicted octanol–water partition coefficient (Wildman–Crippen LogP) is 3.28. The number of nitrogens with one attached hydrogen (secondary N) is 2. The van der Waals surface area contributed by atoms with Crippen LogP contribution in [0.25, 0.3) is 5.57 Å². The molecule has 1 amide bonds. The van der Waals surface area contributed by atoms with Crippen LogP contribution in [0.1, 0.15) is 36.9 Å². The SMILES string of the molecule is O=C1CC[C@H](C=C(c2ccc(OC3CC3)cc2)c2ccc(Cl)c(=O)[nH]2)N1. The molecule has 5 nitrogen and oxygen atoms in total. The molecule has 1 atom stereocenters. The number of carbonyl (C=O) groups excluding carboxylic acids is 1. The Labute approximate surface area is 156 Å². The summed E-state index contributed by atoms with van der Waals surface area (Å²) in [6, 6.07) is 11.1. The number of hydrogen-bond donors (Lipinski definition) is 2. The molecule has 0 radical (unpaired) electrons. The van der Waals surface area contributed by atoms with E-state index < -0.39 is 0 Å². The zero-order valence-electron chi connectivity index (χ0n) is 14.1. The van der Waals surface area contributed by atoms with Gasteiger partial charge in [0.1, 0.15) is 10.8 Å². The number of amides is 1. The van der Waals surface area contributed by atoms with Crippen molar-refractivity contribution in [3.8, 4) is 5.75 Å². The molecule has 1 aromatic carbocycles. The standard InChI is InChI=1S/C20H19ClN2O3/c21-17-8-9-18(23-20(17)25)16(11-13-3-10-19(24)22-13)12-1-4-14(5-2-12)26-15-6-7-15/h1-2,4-5,8-9,11,13,15H,3,6-7,10H2,(H,22,24)(H,23,25)/t13-/m1/s1. The van der Waals surface area contributed by atoms with E-state index in [1.807, 2.05) is 30.3 Å². The highest BCUT2D eigenvalue weighted by Gasteiger charge is 2.24. The van der Waals surface area contributed by atoms with E-state index in [0.717, 1.165) is 36.1 Å². The molecule has 2 heterocycles. The van der Waals surface area contributed by atoms with E-state index in [0.29, 0.717) is 18.2 Å². The molecular formula is C20H19ClN2O3. The molecule has 134 valence electrons. The second-order valence-corrected chi connectivity index (χ2v) is 7.09. The Balaban J connectivity index is 1.69. The molecule has 2 aromatic rings. The smallest absolute Gasteiger partial charge is 0.267 e. The zero-order chi connectivity index (χ0) is 18.1. The van der Waals surface area contributed by atoms with E-state index in [1.165, 1.54) is 0 Å². The lowest BCUT2D eigenvalue weighted by atomic mass is 9.99. The summed E-state index contributed by atoms with van der Waals surface area (Å²) >= 11 is 5.86. The van der Waals surface area contributed by atoms with Gasteiger partial charge in [-0.2, -0.15) is 0 Å². The second-order valence-electron chi connectivity index (χ2n) is 6.68. The van der Waals surface area contributed by atoms with Crippen molar-refractivity contribution in [1.82, 2.24) is 10.3 Å². The molecule has 1 saturated carbocycles. The van der Waals surface area contributed by atoms with Crippen LogP contribution in [0.15, 0.2) is 47.3 Å². The molecule has 1 saturated heterocycles. The Morgan fingerprint density at radius 3 is 2.46 bits per heavy atom. The van der Waals surface area contributed by atoms with Gasteiger partial charge in [-0.3, -0.25) is 9.59 Å². The fraction of sp³-hybridized carbons (Fsp3) is 0.300. The molecule has 0 bridgehead atoms. The van der Waals surface area contributed by atoms with Gasteiger partial charge in [-0.05, 0) is 49.1 Å². The van der Waals surface area contributed by atoms with Gasteiger partial charge in [0.25, 0.3) is 5.56 Å². The van der Waals surface area contributed by atoms with Crippen molar-refractivity contribution in [2.24, 2.45) is 0 Å². The van der Waals surface area contributed by atoms with Gasteiger partial charge in [-0.25, -0.2) is 0 Å². The first kappa shape index (κ1) is 16.9. The minimum Gasteiger partial charge on any atom is -0.490 e. The van der Waals surface area contributed by atoms with Crippen LogP contribution in [0.2, 0.25) is 5.02 Å². The Morgan fingerprint density at radius 1 is 1.08 bits per heavy atom. The molecule has 0 spiro atoms. The number of hydrogen-bond acceptors (Lipinski definition) is 3. The topological polar surface area (TPSA) is 71.2 Å². The van der Waals surface area contributed by atoms with Crippen LogP contribution >= 0.6 is 11.6 Å². The number of rotatable bonds is 5. The molecule has 1 aromatic heterocycles. The van der Waals surface area contributed by atoms with Gasteiger partial charge >= 0.3 is 0 Å². The highest BCUT2D eigenvalue weighted by atomic mass is 35.5. The predicted molar refractivity (Wildman–Crippen MR) is 100 cm³/mol. The normalized spacial score (nSPS) is 20.1. The number of halogens is 1. The monoisotopic (exact) mass is 370 g/mol. The van der Waals surface area contributed by atoms with Gasteiger partial charge in [-0.15, -0.1) is 0 Å². The Hall–Kier alpha value is -2.53. The number of benzene rings is 1. The fourth-order valence-corrected chi connectivity index (χ4v) is 3.12. The van der Waals surface area contributed by atoms with Crippen LogP contribution in [-0.2, 0) is 4.79 Å². The summed E-state index contributed by atoms with van der Waals surface area (Å²) in [6.45, 7) is 0. The number of H-pyrrole nitrogens is 1. The third kappa shape index (κ3) is 3.83. The molecule has 1 aliphatic carbocycles. The van der Waals surface area contributed by atoms with E-state index in [4.69, 9.17) is 16.3 Å². The molecule has 6 heteroatoms. The van der Waals surface area contributed by atoms with Gasteiger partial charge in [-0.1, -0.05) is 29.8 Å². The van der Waals surface area contributed by atoms with Gasteiger partial charge in [0.2, 0.25) is 5.91 Å². The summed E-state index contributed by atoms with van der Waals surface area (Å²) in [5.41, 5.74) is 2.12. The molecule has 1 aliphatic heterocycles. The number of aromatic amines is 1. The maximum Gasteiger partial charge on any atom is 0.267 e. The Morgan fingerprint density at radius 2 is 1.85 bits per heavy atom. The summed E-state index contributed by atoms with van der Waals surface area (Å²) in [5, 5.41) is 3.09. The van der Waals surface area contributed by atoms with Crippen molar-refractivity contribution in [2.75, 3.05) is 0 Å². The third-order valence-electron chi connectivity index (χ3n) is 4.54. The number of aromatic nitrogens is 1. The molecule has 2 aliphatic rings. The maximum absolute atomic E-state index is 11.9. The lowest BCUT2D eigenvalue weighted by Gasteiger charge is -2.13. The zero-order valence-corrected chi connectivity index (χ0v) is 14.9. The Bertz CT molecular complexity index is 913. The minimum absolute atomic E-state index is 0.0448. The van der Waals surface area contributed by atoms with Crippen molar-refractivity contribution in [2.45, 2.75) is 37.8 Å². The molecule has 0 unspecified atom stereocenters. The van der Waals surface area contributed by atoms with Crippen molar-refractivity contribution in [3.05, 3.63) is 69.1 Å². The van der Waals surface area contributed by atoms with E-state index in [9.17, 15) is 9.59 Å². The van der Waals surface area contributed by atoms with E-state index in [1.54, 1.807) is 12.1 Å². The van der Waals surface area contributed by atoms with E-state index in [2.05, 4.69) is 10.3 Å². The number of pyridine rings is 1. The van der Waals surface area contributed by atoms with Gasteiger partial charge in [0.05, 0.1) is 6.10 Å². The maximum atomic E-state index is 11.9. The van der Waals surface area contributed by atoms with E-state index >= 15 is 0 Å². The van der Waals surface area contributed by atoms with Crippen molar-refractivity contribution < 1.29 is 9.53 Å². The van der Waals surface area contributed by atoms with E-state index in [-0.39, 0.29) is 22.5 Å². The highest BCUT2D eigenvalue weighted by Crippen LogP contribution is 2.29. The minimum atomic E-state index is -0.334. The highest BCUT2D eigenvalue weighted by molar-refractivity contribution is 6.30. The van der Waals surface area contributed by atoms with Crippen molar-refractivity contribution >= 4 is 23.1 Å². The number of carbonyl (C=O) groups is 1. The first-order valence-electron chi connectivity index (χ1n) is 8.76. The second kappa shape index (κ2) is 7.00. The summed E-state index contributed by atoms with van der Waals surface area (Å²) in [5.74, 6) is 0.887. The van der Waals surface area contributed by atoms with Gasteiger partial charge < -0.3 is 15.0 Å². The molecule has 2 N–H and O–H groups in total. The van der Waals surface area contributed by atoms with Crippen LogP contribution in [0, 0.1) is 0 Å². The summed E-state index contributed by atoms with van der Waals surface area (Å²) < 4.78 is 5.80. The van der Waals surface area contributed by atoms with Crippen molar-refractivity contribution in [3.63, 3.8) is 0 Å². The fourth-order valence-electron chi connectivity index (χ4n) is 3.01. The molecule has 26 heavy (non-hydrogen) atoms. The van der Waals surface area contributed by atoms with Crippen LogP contribution < -0.4 is 15.6 Å².